The molecule has 354 valence electrons. The number of piperazine rings is 1. The summed E-state index contributed by atoms with van der Waals surface area (Å²) < 4.78 is 0. The molecule has 2 unspecified atom stereocenters. The van der Waals surface area contributed by atoms with Gasteiger partial charge >= 0.3 is 0 Å². The van der Waals surface area contributed by atoms with Crippen LogP contribution in [0.15, 0.2) is 73.4 Å². The topological polar surface area (TPSA) is 185 Å². The van der Waals surface area contributed by atoms with Crippen molar-refractivity contribution in [2.75, 3.05) is 80.3 Å². The first kappa shape index (κ1) is 48.4. The fourth-order valence-electron chi connectivity index (χ4n) is 10.0. The van der Waals surface area contributed by atoms with Crippen LogP contribution in [0.4, 0.5) is 34.6 Å². The molecule has 0 bridgehead atoms. The van der Waals surface area contributed by atoms with Crippen molar-refractivity contribution in [2.24, 2.45) is 5.41 Å². The summed E-state index contributed by atoms with van der Waals surface area (Å²) in [4.78, 5) is 84.9. The van der Waals surface area contributed by atoms with Crippen LogP contribution in [0.25, 0.3) is 0 Å². The molecule has 4 aromatic rings. The van der Waals surface area contributed by atoms with Crippen molar-refractivity contribution in [2.45, 2.75) is 83.7 Å². The summed E-state index contributed by atoms with van der Waals surface area (Å²) >= 11 is 0. The molecule has 2 aliphatic carbocycles. The Morgan fingerprint density at radius 1 is 0.925 bits per heavy atom. The van der Waals surface area contributed by atoms with E-state index in [0.29, 0.717) is 70.8 Å². The highest BCUT2D eigenvalue weighted by Crippen LogP contribution is 2.51. The Labute approximate surface area is 394 Å². The molecular formula is C51H65N11O5. The second-order valence-electron chi connectivity index (χ2n) is 17.7. The van der Waals surface area contributed by atoms with Gasteiger partial charge in [-0.05, 0) is 101 Å². The highest BCUT2D eigenvalue weighted by Gasteiger charge is 2.54. The molecule has 67 heavy (non-hydrogen) atoms. The quantitative estimate of drug-likeness (QED) is 0.0542. The first-order chi connectivity index (χ1) is 32.6. The van der Waals surface area contributed by atoms with Crippen molar-refractivity contribution < 1.29 is 24.0 Å². The first-order valence-corrected chi connectivity index (χ1v) is 23.7. The predicted octanol–water partition coefficient (Wildman–Crippen LogP) is 6.51. The summed E-state index contributed by atoms with van der Waals surface area (Å²) in [5.41, 5.74) is 6.41. The van der Waals surface area contributed by atoms with Crippen molar-refractivity contribution >= 4 is 64.9 Å². The van der Waals surface area contributed by atoms with Gasteiger partial charge in [-0.3, -0.25) is 24.2 Å². The molecule has 2 aromatic carbocycles. The lowest BCUT2D eigenvalue weighted by molar-refractivity contribution is -0.112. The van der Waals surface area contributed by atoms with E-state index in [1.165, 1.54) is 11.8 Å². The zero-order chi connectivity index (χ0) is 47.7. The maximum Gasteiger partial charge on any atom is 0.264 e. The van der Waals surface area contributed by atoms with Crippen LogP contribution < -0.4 is 31.1 Å². The molecule has 4 N–H and O–H groups in total. The number of aryl methyl sites for hydroxylation is 1. The molecule has 3 aliphatic heterocycles. The zero-order valence-electron chi connectivity index (χ0n) is 39.5. The molecule has 1 spiro atoms. The van der Waals surface area contributed by atoms with Gasteiger partial charge in [0.25, 0.3) is 17.7 Å². The Kier molecular flexibility index (Phi) is 15.8. The number of pyridine rings is 1. The number of nitrogens with one attached hydrogen (secondary N) is 4. The lowest BCUT2D eigenvalue weighted by Gasteiger charge is -2.62. The van der Waals surface area contributed by atoms with E-state index in [-0.39, 0.29) is 18.7 Å². The number of hydrogen-bond acceptors (Lipinski definition) is 14. The predicted molar refractivity (Wildman–Crippen MR) is 263 cm³/mol. The fraction of sp³-hybridized carbons (Fsp3) is 0.451. The number of amides is 3. The van der Waals surface area contributed by atoms with Gasteiger partial charge in [0, 0.05) is 92.9 Å². The Hall–Kier alpha value is -6.52. The molecule has 3 fully saturated rings. The Morgan fingerprint density at radius 2 is 1.66 bits per heavy atom. The van der Waals surface area contributed by atoms with Crippen LogP contribution in [-0.2, 0) is 16.0 Å². The molecule has 16 heteroatoms. The standard InChI is InChI=1S/C47H52N10O5.C2H7N.C2H6/c1-3-18-48-43(60)37-26-49-46(53-42(37)52-39-17-12-31-11-10-30(4-2)41(31)51-39)50-32-13-15-33(16-14-32)56-28-47(29-56)24-35(25-47)54-19-21-55(22-20-54)38-9-5-8-36-40(38)45(62)57(44(36)61)34(27-59)7-6-23-58;1-3-2;1-2/h3,5,8-9,12-17,23,26-27,30,34-35H,1,4,6-7,10-11,18-22,24-25,28-29H2,2H3,(H,48,60)(H2,49,50,51,52,53);3H,1-2H3;1-2H3. The van der Waals surface area contributed by atoms with E-state index in [1.807, 2.05) is 52.2 Å². The summed E-state index contributed by atoms with van der Waals surface area (Å²) in [7, 11) is 3.75. The van der Waals surface area contributed by atoms with Gasteiger partial charge in [0.2, 0.25) is 5.95 Å². The lowest BCUT2D eigenvalue weighted by atomic mass is 9.60. The summed E-state index contributed by atoms with van der Waals surface area (Å²) in [6, 6.07) is 17.2. The Balaban J connectivity index is 0.00000128. The highest BCUT2D eigenvalue weighted by atomic mass is 16.2. The normalized spacial score (nSPS) is 18.5. The number of imide groups is 1. The number of aldehydes is 2. The molecule has 3 amide bonds. The number of carbonyl (C=O) groups is 5. The van der Waals surface area contributed by atoms with Crippen LogP contribution in [0, 0.1) is 5.41 Å². The van der Waals surface area contributed by atoms with E-state index < -0.39 is 17.9 Å². The van der Waals surface area contributed by atoms with Gasteiger partial charge in [0.15, 0.2) is 0 Å². The second-order valence-corrected chi connectivity index (χ2v) is 17.7. The third kappa shape index (κ3) is 10.2. The Morgan fingerprint density at radius 3 is 2.33 bits per heavy atom. The van der Waals surface area contributed by atoms with E-state index in [1.54, 1.807) is 18.2 Å². The SMILES string of the molecule is C=CCNC(=O)c1cnc(Nc2ccc(N3CC4(CC(N5CCN(c6cccc7c6C(=O)N(C(C=O)CCC=O)C7=O)CC5)C4)C3)cc2)nc1Nc1ccc2c(n1)C(CC)CC2.CC.CNC. The van der Waals surface area contributed by atoms with Crippen LogP contribution in [0.2, 0.25) is 0 Å². The number of benzene rings is 2. The molecule has 2 aromatic heterocycles. The number of hydrogen-bond donors (Lipinski definition) is 4. The molecule has 0 radical (unpaired) electrons. The number of aromatic nitrogens is 3. The average Bonchev–Trinajstić information content (AvgIpc) is 3.85. The fourth-order valence-corrected chi connectivity index (χ4v) is 10.0. The molecule has 5 heterocycles. The van der Waals surface area contributed by atoms with Gasteiger partial charge in [-0.15, -0.1) is 6.58 Å². The monoisotopic (exact) mass is 912 g/mol. The number of nitrogens with zero attached hydrogens (tertiary/aromatic N) is 7. The summed E-state index contributed by atoms with van der Waals surface area (Å²) in [5.74, 6) is 0.550. The van der Waals surface area contributed by atoms with E-state index in [9.17, 15) is 24.0 Å². The van der Waals surface area contributed by atoms with Crippen LogP contribution in [0.5, 0.6) is 0 Å². The maximum atomic E-state index is 13.5. The van der Waals surface area contributed by atoms with Gasteiger partial charge < -0.3 is 40.7 Å². The van der Waals surface area contributed by atoms with Crippen molar-refractivity contribution in [1.29, 1.82) is 0 Å². The van der Waals surface area contributed by atoms with Crippen LogP contribution in [0.1, 0.15) is 108 Å². The highest BCUT2D eigenvalue weighted by molar-refractivity contribution is 6.24. The molecule has 9 rings (SSSR count). The van der Waals surface area contributed by atoms with Crippen molar-refractivity contribution in [3.05, 3.63) is 101 Å². The number of rotatable bonds is 16. The number of fused-ring (bicyclic) bond motifs is 2. The van der Waals surface area contributed by atoms with Crippen molar-refractivity contribution in [1.82, 2.24) is 35.4 Å². The average molecular weight is 912 g/mol. The molecule has 1 saturated carbocycles. The second kappa shape index (κ2) is 21.9. The van der Waals surface area contributed by atoms with E-state index in [0.717, 1.165) is 99.0 Å². The minimum atomic E-state index is -0.957. The summed E-state index contributed by atoms with van der Waals surface area (Å²) in [6.45, 7) is 15.4. The van der Waals surface area contributed by atoms with Crippen molar-refractivity contribution in [3.8, 4) is 0 Å². The van der Waals surface area contributed by atoms with Crippen LogP contribution in [0.3, 0.4) is 0 Å². The van der Waals surface area contributed by atoms with Gasteiger partial charge in [-0.2, -0.15) is 4.98 Å². The van der Waals surface area contributed by atoms with Crippen LogP contribution in [-0.4, -0.2) is 127 Å². The summed E-state index contributed by atoms with van der Waals surface area (Å²) in [5, 5.41) is 12.2. The summed E-state index contributed by atoms with van der Waals surface area (Å²) in [6.07, 6.45) is 10.1. The smallest absolute Gasteiger partial charge is 0.264 e. The van der Waals surface area contributed by atoms with E-state index >= 15 is 0 Å². The largest absolute Gasteiger partial charge is 0.370 e. The zero-order valence-corrected chi connectivity index (χ0v) is 39.5. The molecule has 5 aliphatic rings. The Bertz CT molecular complexity index is 2420. The van der Waals surface area contributed by atoms with Gasteiger partial charge in [-0.1, -0.05) is 39.0 Å². The maximum absolute atomic E-state index is 13.5. The van der Waals surface area contributed by atoms with Gasteiger partial charge in [0.1, 0.15) is 29.8 Å². The van der Waals surface area contributed by atoms with Crippen LogP contribution >= 0.6 is 0 Å². The molecular weight excluding hydrogens is 847 g/mol. The molecule has 2 atom stereocenters. The van der Waals surface area contributed by atoms with Crippen molar-refractivity contribution in [3.63, 3.8) is 0 Å². The van der Waals surface area contributed by atoms with Gasteiger partial charge in [-0.25, -0.2) is 9.97 Å². The minimum Gasteiger partial charge on any atom is -0.370 e. The van der Waals surface area contributed by atoms with E-state index in [4.69, 9.17) is 9.97 Å². The minimum absolute atomic E-state index is 0.0971. The lowest BCUT2D eigenvalue weighted by Crippen LogP contribution is -2.68. The third-order valence-electron chi connectivity index (χ3n) is 13.4. The number of anilines is 6. The molecule has 2 saturated heterocycles. The first-order valence-electron chi connectivity index (χ1n) is 23.7. The number of carbonyl (C=O) groups excluding carboxylic acids is 5. The molecule has 16 nitrogen and oxygen atoms in total. The van der Waals surface area contributed by atoms with Gasteiger partial charge in [0.05, 0.1) is 22.9 Å². The third-order valence-corrected chi connectivity index (χ3v) is 13.4. The van der Waals surface area contributed by atoms with E-state index in [2.05, 4.69) is 72.7 Å².